The van der Waals surface area contributed by atoms with Gasteiger partial charge in [0.2, 0.25) is 0 Å². The second-order valence-electron chi connectivity index (χ2n) is 3.49. The Bertz CT molecular complexity index is 386. The number of aliphatic hydroxyl groups is 1. The molecule has 0 spiro atoms. The molecule has 0 aliphatic heterocycles. The molecule has 1 heterocycles. The molecule has 1 aromatic heterocycles. The van der Waals surface area contributed by atoms with Gasteiger partial charge in [-0.25, -0.2) is 0 Å². The van der Waals surface area contributed by atoms with Gasteiger partial charge in [0.25, 0.3) is 5.91 Å². The predicted molar refractivity (Wildman–Crippen MR) is 64.1 cm³/mol. The quantitative estimate of drug-likeness (QED) is 0.872. The first kappa shape index (κ1) is 13.4. The zero-order valence-corrected chi connectivity index (χ0v) is 10.6. The number of aromatic nitrogens is 1. The summed E-state index contributed by atoms with van der Waals surface area (Å²) in [7, 11) is 1.66. The van der Waals surface area contributed by atoms with Crippen molar-refractivity contribution in [2.24, 2.45) is 7.05 Å². The number of rotatable bonds is 4. The van der Waals surface area contributed by atoms with E-state index in [1.807, 2.05) is 6.92 Å². The Morgan fingerprint density at radius 1 is 1.62 bits per heavy atom. The van der Waals surface area contributed by atoms with Crippen LogP contribution in [0.4, 0.5) is 0 Å². The lowest BCUT2D eigenvalue weighted by atomic mass is 10.2. The minimum absolute atomic E-state index is 0.0892. The Kier molecular flexibility index (Phi) is 4.65. The molecule has 0 aliphatic rings. The highest BCUT2D eigenvalue weighted by atomic mass is 35.5. The second-order valence-corrected chi connectivity index (χ2v) is 4.25. The smallest absolute Gasteiger partial charge is 0.268 e. The van der Waals surface area contributed by atoms with E-state index in [0.717, 1.165) is 0 Å². The summed E-state index contributed by atoms with van der Waals surface area (Å²) in [4.78, 5) is 11.8. The van der Waals surface area contributed by atoms with Gasteiger partial charge in [-0.15, -0.1) is 0 Å². The van der Waals surface area contributed by atoms with Crippen LogP contribution in [-0.4, -0.2) is 28.2 Å². The summed E-state index contributed by atoms with van der Waals surface area (Å²) in [6, 6.07) is 1.25. The molecule has 0 aromatic carbocycles. The van der Waals surface area contributed by atoms with Gasteiger partial charge in [-0.05, 0) is 12.5 Å². The maximum atomic E-state index is 11.8. The van der Waals surface area contributed by atoms with Crippen LogP contribution in [0.1, 0.15) is 23.8 Å². The molecule has 1 amide bonds. The fourth-order valence-electron chi connectivity index (χ4n) is 1.30. The number of nitrogens with zero attached hydrogens (tertiary/aromatic N) is 1. The summed E-state index contributed by atoms with van der Waals surface area (Å²) in [6.07, 6.45) is 0.661. The van der Waals surface area contributed by atoms with Gasteiger partial charge in [0.05, 0.1) is 17.7 Å². The van der Waals surface area contributed by atoms with Crippen LogP contribution in [0, 0.1) is 0 Å². The fraction of sp³-hybridized carbons (Fsp3) is 0.500. The molecule has 0 bridgehead atoms. The van der Waals surface area contributed by atoms with Crippen molar-refractivity contribution < 1.29 is 9.90 Å². The van der Waals surface area contributed by atoms with E-state index in [0.29, 0.717) is 22.3 Å². The summed E-state index contributed by atoms with van der Waals surface area (Å²) in [6.45, 7) is 1.79. The maximum absolute atomic E-state index is 11.8. The van der Waals surface area contributed by atoms with Gasteiger partial charge in [-0.1, -0.05) is 30.1 Å². The van der Waals surface area contributed by atoms with Crippen LogP contribution >= 0.6 is 23.2 Å². The number of aliphatic hydroxyl groups excluding tert-OH is 1. The molecule has 16 heavy (non-hydrogen) atoms. The van der Waals surface area contributed by atoms with Crippen LogP contribution < -0.4 is 5.32 Å². The Morgan fingerprint density at radius 3 is 2.62 bits per heavy atom. The third kappa shape index (κ3) is 2.70. The van der Waals surface area contributed by atoms with Gasteiger partial charge in [-0.3, -0.25) is 4.79 Å². The van der Waals surface area contributed by atoms with Crippen LogP contribution in [-0.2, 0) is 7.05 Å². The summed E-state index contributed by atoms with van der Waals surface area (Å²) in [5.41, 5.74) is 0.377. The number of carbonyl (C=O) groups is 1. The van der Waals surface area contributed by atoms with E-state index in [9.17, 15) is 4.79 Å². The van der Waals surface area contributed by atoms with Crippen LogP contribution in [0.2, 0.25) is 10.2 Å². The number of halogens is 2. The minimum atomic E-state index is -0.294. The molecular weight excluding hydrogens is 251 g/mol. The number of hydrogen-bond donors (Lipinski definition) is 2. The summed E-state index contributed by atoms with van der Waals surface area (Å²) < 4.78 is 1.50. The van der Waals surface area contributed by atoms with Gasteiger partial charge >= 0.3 is 0 Å². The highest BCUT2D eigenvalue weighted by Gasteiger charge is 2.17. The van der Waals surface area contributed by atoms with Gasteiger partial charge < -0.3 is 15.0 Å². The van der Waals surface area contributed by atoms with Crippen molar-refractivity contribution in [3.8, 4) is 0 Å². The van der Waals surface area contributed by atoms with Crippen LogP contribution in [0.15, 0.2) is 6.07 Å². The molecule has 1 unspecified atom stereocenters. The largest absolute Gasteiger partial charge is 0.394 e. The van der Waals surface area contributed by atoms with Crippen molar-refractivity contribution in [3.63, 3.8) is 0 Å². The molecule has 2 N–H and O–H groups in total. The van der Waals surface area contributed by atoms with Crippen LogP contribution in [0.3, 0.4) is 0 Å². The molecule has 1 rings (SSSR count). The van der Waals surface area contributed by atoms with Crippen molar-refractivity contribution in [3.05, 3.63) is 21.9 Å². The number of nitrogens with one attached hydrogen (secondary N) is 1. The van der Waals surface area contributed by atoms with Gasteiger partial charge in [0.15, 0.2) is 0 Å². The first-order chi connectivity index (χ1) is 7.51. The Morgan fingerprint density at radius 2 is 2.25 bits per heavy atom. The van der Waals surface area contributed by atoms with E-state index in [1.165, 1.54) is 10.6 Å². The van der Waals surface area contributed by atoms with Gasteiger partial charge in [-0.2, -0.15) is 0 Å². The normalized spacial score (nSPS) is 12.6. The molecule has 0 saturated carbocycles. The van der Waals surface area contributed by atoms with E-state index in [1.54, 1.807) is 7.05 Å². The molecule has 4 nitrogen and oxygen atoms in total. The van der Waals surface area contributed by atoms with Crippen molar-refractivity contribution >= 4 is 29.1 Å². The van der Waals surface area contributed by atoms with Crippen molar-refractivity contribution in [1.29, 1.82) is 0 Å². The van der Waals surface area contributed by atoms with Crippen LogP contribution in [0.5, 0.6) is 0 Å². The zero-order valence-electron chi connectivity index (χ0n) is 9.13. The third-order valence-corrected chi connectivity index (χ3v) is 3.24. The molecule has 1 atom stereocenters. The lowest BCUT2D eigenvalue weighted by Gasteiger charge is -2.14. The van der Waals surface area contributed by atoms with E-state index in [2.05, 4.69) is 5.32 Å². The number of hydrogen-bond acceptors (Lipinski definition) is 2. The van der Waals surface area contributed by atoms with E-state index in [-0.39, 0.29) is 18.6 Å². The molecule has 0 radical (unpaired) electrons. The first-order valence-electron chi connectivity index (χ1n) is 4.93. The molecular formula is C10H14Cl2N2O2. The van der Waals surface area contributed by atoms with Gasteiger partial charge in [0.1, 0.15) is 10.8 Å². The molecule has 0 aliphatic carbocycles. The lowest BCUT2D eigenvalue weighted by molar-refractivity contribution is 0.0906. The van der Waals surface area contributed by atoms with Crippen molar-refractivity contribution in [2.45, 2.75) is 19.4 Å². The number of amides is 1. The average molecular weight is 265 g/mol. The average Bonchev–Trinajstić information content (AvgIpc) is 2.53. The number of carbonyl (C=O) groups excluding carboxylic acids is 1. The Balaban J connectivity index is 2.84. The molecule has 6 heteroatoms. The lowest BCUT2D eigenvalue weighted by Crippen LogP contribution is -2.37. The molecule has 90 valence electrons. The van der Waals surface area contributed by atoms with E-state index < -0.39 is 0 Å². The summed E-state index contributed by atoms with van der Waals surface area (Å²) in [5, 5.41) is 12.3. The monoisotopic (exact) mass is 264 g/mol. The highest BCUT2D eigenvalue weighted by molar-refractivity contribution is 6.41. The predicted octanol–water partition coefficient (Wildman–Crippen LogP) is 1.83. The molecule has 0 saturated heterocycles. The SMILES string of the molecule is CCC(CO)NC(=O)c1cc(Cl)c(Cl)n1C. The Hall–Kier alpha value is -0.710. The maximum Gasteiger partial charge on any atom is 0.268 e. The van der Waals surface area contributed by atoms with E-state index in [4.69, 9.17) is 28.3 Å². The standard InChI is InChI=1S/C10H14Cl2N2O2/c1-3-6(5-15)13-10(16)8-4-7(11)9(12)14(8)2/h4,6,15H,3,5H2,1-2H3,(H,13,16). The zero-order chi connectivity index (χ0) is 12.3. The Labute approximate surface area is 104 Å². The minimum Gasteiger partial charge on any atom is -0.394 e. The molecule has 1 aromatic rings. The summed E-state index contributed by atoms with van der Waals surface area (Å²) in [5.74, 6) is -0.294. The highest BCUT2D eigenvalue weighted by Crippen LogP contribution is 2.25. The van der Waals surface area contributed by atoms with Gasteiger partial charge in [0, 0.05) is 7.05 Å². The summed E-state index contributed by atoms with van der Waals surface area (Å²) >= 11 is 11.6. The van der Waals surface area contributed by atoms with Crippen LogP contribution in [0.25, 0.3) is 0 Å². The first-order valence-corrected chi connectivity index (χ1v) is 5.69. The topological polar surface area (TPSA) is 54.3 Å². The second kappa shape index (κ2) is 5.57. The van der Waals surface area contributed by atoms with Crippen molar-refractivity contribution in [1.82, 2.24) is 9.88 Å². The van der Waals surface area contributed by atoms with Crippen molar-refractivity contribution in [2.75, 3.05) is 6.61 Å². The molecule has 0 fully saturated rings. The fourth-order valence-corrected chi connectivity index (χ4v) is 1.67. The van der Waals surface area contributed by atoms with E-state index >= 15 is 0 Å². The third-order valence-electron chi connectivity index (χ3n) is 2.40.